The summed E-state index contributed by atoms with van der Waals surface area (Å²) in [5, 5.41) is 30.2. The summed E-state index contributed by atoms with van der Waals surface area (Å²) in [5.74, 6) is -0.438. The van der Waals surface area contributed by atoms with E-state index in [2.05, 4.69) is 5.32 Å². The van der Waals surface area contributed by atoms with E-state index in [0.29, 0.717) is 0 Å². The van der Waals surface area contributed by atoms with Crippen LogP contribution in [-0.4, -0.2) is 52.5 Å². The lowest BCUT2D eigenvalue weighted by Gasteiger charge is -2.33. The Hall–Kier alpha value is -0.490. The molecule has 0 aromatic rings. The zero-order valence-electron chi connectivity index (χ0n) is 6.77. The van der Waals surface area contributed by atoms with Crippen molar-refractivity contribution in [3.63, 3.8) is 0 Å². The Bertz CT molecular complexity index is 182. The number of likely N-dealkylation sites (N-methyl/N-ethyl adjacent to an activating group) is 1. The Morgan fingerprint density at radius 1 is 1.33 bits per heavy atom. The van der Waals surface area contributed by atoms with Gasteiger partial charge < -0.3 is 20.6 Å². The quantitative estimate of drug-likeness (QED) is 0.357. The molecule has 0 saturated heterocycles. The summed E-state index contributed by atoms with van der Waals surface area (Å²) >= 11 is 0. The molecule has 0 aliphatic heterocycles. The number of nitrogens with one attached hydrogen (secondary N) is 1. The largest absolute Gasteiger partial charge is 0.389 e. The second-order valence-corrected chi connectivity index (χ2v) is 2.99. The average Bonchev–Trinajstić information content (AvgIpc) is 2.08. The molecular formula is C7H13NO4. The van der Waals surface area contributed by atoms with Crippen molar-refractivity contribution in [3.05, 3.63) is 0 Å². The van der Waals surface area contributed by atoms with Crippen molar-refractivity contribution in [2.75, 3.05) is 7.05 Å². The molecule has 5 nitrogen and oxygen atoms in total. The topological polar surface area (TPSA) is 89.8 Å². The molecule has 70 valence electrons. The number of Topliss-reactive ketones (excluding diaryl/α,β-unsaturated/α-hetero) is 1. The summed E-state index contributed by atoms with van der Waals surface area (Å²) in [5.41, 5.74) is 0. The standard InChI is InChI=1S/C7H13NO4/c1-8-3-2-4(9)6(11)7(12)5(3)10/h3,5-8,10-12H,2H2,1H3/t3-,5+,6-,7-/m1/s1. The maximum absolute atomic E-state index is 11.0. The van der Waals surface area contributed by atoms with E-state index < -0.39 is 30.1 Å². The first-order valence-corrected chi connectivity index (χ1v) is 3.82. The Balaban J connectivity index is 2.70. The van der Waals surface area contributed by atoms with E-state index >= 15 is 0 Å². The Morgan fingerprint density at radius 2 is 1.92 bits per heavy atom. The van der Waals surface area contributed by atoms with E-state index in [-0.39, 0.29) is 6.42 Å². The highest BCUT2D eigenvalue weighted by Crippen LogP contribution is 2.16. The van der Waals surface area contributed by atoms with Gasteiger partial charge in [0.15, 0.2) is 5.78 Å². The van der Waals surface area contributed by atoms with Crippen molar-refractivity contribution in [1.82, 2.24) is 5.32 Å². The third-order valence-corrected chi connectivity index (χ3v) is 2.21. The summed E-state index contributed by atoms with van der Waals surface area (Å²) in [6, 6.07) is -0.462. The van der Waals surface area contributed by atoms with Gasteiger partial charge in [0, 0.05) is 12.5 Å². The van der Waals surface area contributed by atoms with E-state index in [1.165, 1.54) is 0 Å². The summed E-state index contributed by atoms with van der Waals surface area (Å²) in [6.45, 7) is 0. The summed E-state index contributed by atoms with van der Waals surface area (Å²) in [4.78, 5) is 11.0. The lowest BCUT2D eigenvalue weighted by Crippen LogP contribution is -2.57. The van der Waals surface area contributed by atoms with Crippen LogP contribution in [0, 0.1) is 0 Å². The molecule has 12 heavy (non-hydrogen) atoms. The van der Waals surface area contributed by atoms with Gasteiger partial charge in [-0.15, -0.1) is 0 Å². The van der Waals surface area contributed by atoms with Gasteiger partial charge in [0.05, 0.1) is 6.10 Å². The second-order valence-electron chi connectivity index (χ2n) is 2.99. The molecule has 0 amide bonds. The van der Waals surface area contributed by atoms with Crippen LogP contribution >= 0.6 is 0 Å². The molecule has 1 fully saturated rings. The van der Waals surface area contributed by atoms with Crippen LogP contribution in [0.2, 0.25) is 0 Å². The van der Waals surface area contributed by atoms with Gasteiger partial charge in [-0.25, -0.2) is 0 Å². The SMILES string of the molecule is CN[C@@H]1CC(=O)[C@@H](O)[C@H](O)[C@H]1O. The van der Waals surface area contributed by atoms with Gasteiger partial charge in [-0.3, -0.25) is 4.79 Å². The lowest BCUT2D eigenvalue weighted by molar-refractivity contribution is -0.149. The molecule has 0 unspecified atom stereocenters. The van der Waals surface area contributed by atoms with E-state index in [0.717, 1.165) is 0 Å². The van der Waals surface area contributed by atoms with Gasteiger partial charge >= 0.3 is 0 Å². The van der Waals surface area contributed by atoms with Crippen LogP contribution in [0.5, 0.6) is 0 Å². The van der Waals surface area contributed by atoms with Crippen LogP contribution in [0.15, 0.2) is 0 Å². The van der Waals surface area contributed by atoms with Gasteiger partial charge in [-0.1, -0.05) is 0 Å². The van der Waals surface area contributed by atoms with Crippen LogP contribution in [0.4, 0.5) is 0 Å². The maximum atomic E-state index is 11.0. The number of aliphatic hydroxyl groups is 3. The molecule has 1 saturated carbocycles. The predicted molar refractivity (Wildman–Crippen MR) is 40.5 cm³/mol. The highest BCUT2D eigenvalue weighted by Gasteiger charge is 2.40. The lowest BCUT2D eigenvalue weighted by atomic mass is 9.87. The first-order chi connectivity index (χ1) is 5.57. The molecule has 0 spiro atoms. The molecule has 4 N–H and O–H groups in total. The number of aliphatic hydroxyl groups excluding tert-OH is 3. The van der Waals surface area contributed by atoms with Crippen LogP contribution in [0.25, 0.3) is 0 Å². The fourth-order valence-corrected chi connectivity index (χ4v) is 1.35. The third-order valence-electron chi connectivity index (χ3n) is 2.21. The van der Waals surface area contributed by atoms with E-state index in [4.69, 9.17) is 10.2 Å². The van der Waals surface area contributed by atoms with Gasteiger partial charge in [0.2, 0.25) is 0 Å². The molecule has 0 radical (unpaired) electrons. The van der Waals surface area contributed by atoms with Gasteiger partial charge in [0.25, 0.3) is 0 Å². The number of hydrogen-bond acceptors (Lipinski definition) is 5. The summed E-state index contributed by atoms with van der Waals surface area (Å²) < 4.78 is 0. The molecule has 0 heterocycles. The number of rotatable bonds is 1. The number of ketones is 1. The fraction of sp³-hybridized carbons (Fsp3) is 0.857. The van der Waals surface area contributed by atoms with Crippen molar-refractivity contribution in [2.24, 2.45) is 0 Å². The van der Waals surface area contributed by atoms with Crippen molar-refractivity contribution in [1.29, 1.82) is 0 Å². The molecular weight excluding hydrogens is 162 g/mol. The Labute approximate surface area is 70.0 Å². The second kappa shape index (κ2) is 3.49. The highest BCUT2D eigenvalue weighted by molar-refractivity contribution is 5.85. The molecule has 0 bridgehead atoms. The zero-order chi connectivity index (χ0) is 9.30. The summed E-state index contributed by atoms with van der Waals surface area (Å²) in [6.07, 6.45) is -3.84. The minimum Gasteiger partial charge on any atom is -0.389 e. The van der Waals surface area contributed by atoms with E-state index in [1.54, 1.807) is 7.05 Å². The van der Waals surface area contributed by atoms with Crippen LogP contribution in [0.1, 0.15) is 6.42 Å². The third kappa shape index (κ3) is 1.49. The predicted octanol–water partition coefficient (Wildman–Crippen LogP) is -2.37. The maximum Gasteiger partial charge on any atom is 0.165 e. The Kier molecular flexibility index (Phi) is 2.79. The molecule has 1 aliphatic rings. The van der Waals surface area contributed by atoms with Crippen molar-refractivity contribution in [3.8, 4) is 0 Å². The first-order valence-electron chi connectivity index (χ1n) is 3.82. The minimum absolute atomic E-state index is 0.0515. The molecule has 1 rings (SSSR count). The number of hydrogen-bond donors (Lipinski definition) is 4. The van der Waals surface area contributed by atoms with Crippen LogP contribution < -0.4 is 5.32 Å². The van der Waals surface area contributed by atoms with Gasteiger partial charge in [-0.2, -0.15) is 0 Å². The number of carbonyl (C=O) groups is 1. The van der Waals surface area contributed by atoms with Gasteiger partial charge in [0.1, 0.15) is 12.2 Å². The molecule has 5 heteroatoms. The zero-order valence-corrected chi connectivity index (χ0v) is 6.77. The van der Waals surface area contributed by atoms with Crippen LogP contribution in [0.3, 0.4) is 0 Å². The fourth-order valence-electron chi connectivity index (χ4n) is 1.35. The monoisotopic (exact) mass is 175 g/mol. The van der Waals surface area contributed by atoms with E-state index in [9.17, 15) is 9.90 Å². The van der Waals surface area contributed by atoms with Gasteiger partial charge in [-0.05, 0) is 7.05 Å². The molecule has 0 aromatic carbocycles. The number of carbonyl (C=O) groups excluding carboxylic acids is 1. The van der Waals surface area contributed by atoms with Crippen molar-refractivity contribution < 1.29 is 20.1 Å². The molecule has 0 aromatic heterocycles. The van der Waals surface area contributed by atoms with Crippen LogP contribution in [-0.2, 0) is 4.79 Å². The highest BCUT2D eigenvalue weighted by atomic mass is 16.4. The normalized spacial score (nSPS) is 43.2. The van der Waals surface area contributed by atoms with Crippen molar-refractivity contribution >= 4 is 5.78 Å². The molecule has 4 atom stereocenters. The smallest absolute Gasteiger partial charge is 0.165 e. The first kappa shape index (κ1) is 9.60. The Morgan fingerprint density at radius 3 is 2.42 bits per heavy atom. The van der Waals surface area contributed by atoms with Crippen molar-refractivity contribution in [2.45, 2.75) is 30.8 Å². The van der Waals surface area contributed by atoms with E-state index in [1.807, 2.05) is 0 Å². The molecule has 1 aliphatic carbocycles. The minimum atomic E-state index is -1.44. The summed E-state index contributed by atoms with van der Waals surface area (Å²) in [7, 11) is 1.59. The average molecular weight is 175 g/mol.